The molecule has 3 atom stereocenters. The fourth-order valence-electron chi connectivity index (χ4n) is 3.19. The van der Waals surface area contributed by atoms with Gasteiger partial charge >= 0.3 is 0 Å². The molecule has 2 aliphatic heterocycles. The number of aliphatic hydroxyl groups is 1. The van der Waals surface area contributed by atoms with Crippen molar-refractivity contribution in [1.82, 2.24) is 9.97 Å². The number of nitrogens with two attached hydrogens (primary N) is 1. The molecule has 7 heteroatoms. The maximum Gasteiger partial charge on any atom is 0.153 e. The topological polar surface area (TPSA) is 84.5 Å². The maximum absolute atomic E-state index is 10.2. The van der Waals surface area contributed by atoms with Crippen LogP contribution in [-0.2, 0) is 4.74 Å². The van der Waals surface area contributed by atoms with E-state index in [0.29, 0.717) is 36.3 Å². The van der Waals surface area contributed by atoms with Crippen LogP contribution in [0.4, 0.5) is 11.6 Å². The SMILES string of the molecule is Nc1ncnc(N2CCC[C@@H]2[C@H]2COCC[C@H]2O)c1Cl. The molecule has 2 saturated heterocycles. The molecule has 0 bridgehead atoms. The quantitative estimate of drug-likeness (QED) is 0.850. The van der Waals surface area contributed by atoms with E-state index < -0.39 is 0 Å². The van der Waals surface area contributed by atoms with Gasteiger partial charge in [-0.2, -0.15) is 0 Å². The van der Waals surface area contributed by atoms with Gasteiger partial charge < -0.3 is 20.5 Å². The van der Waals surface area contributed by atoms with Crippen LogP contribution in [0.15, 0.2) is 6.33 Å². The summed E-state index contributed by atoms with van der Waals surface area (Å²) in [6.07, 6.45) is 3.85. The van der Waals surface area contributed by atoms with E-state index >= 15 is 0 Å². The molecule has 3 rings (SSSR count). The summed E-state index contributed by atoms with van der Waals surface area (Å²) in [4.78, 5) is 10.3. The molecule has 0 radical (unpaired) electrons. The third-order valence-corrected chi connectivity index (χ3v) is 4.59. The predicted molar refractivity (Wildman–Crippen MR) is 76.8 cm³/mol. The number of nitrogens with zero attached hydrogens (tertiary/aromatic N) is 3. The molecular weight excluding hydrogens is 280 g/mol. The van der Waals surface area contributed by atoms with Gasteiger partial charge in [0.25, 0.3) is 0 Å². The first-order chi connectivity index (χ1) is 9.68. The van der Waals surface area contributed by atoms with Crippen molar-refractivity contribution in [2.24, 2.45) is 5.92 Å². The minimum Gasteiger partial charge on any atom is -0.393 e. The van der Waals surface area contributed by atoms with E-state index in [1.807, 2.05) is 0 Å². The Labute approximate surface area is 122 Å². The molecule has 2 aliphatic rings. The molecule has 0 aliphatic carbocycles. The summed E-state index contributed by atoms with van der Waals surface area (Å²) in [6, 6.07) is 0.192. The van der Waals surface area contributed by atoms with Crippen LogP contribution < -0.4 is 10.6 Å². The number of anilines is 2. The molecule has 0 aromatic carbocycles. The van der Waals surface area contributed by atoms with Gasteiger partial charge in [-0.15, -0.1) is 0 Å². The number of halogens is 1. The molecule has 3 heterocycles. The zero-order valence-electron chi connectivity index (χ0n) is 11.2. The summed E-state index contributed by atoms with van der Waals surface area (Å²) in [5.41, 5.74) is 5.76. The van der Waals surface area contributed by atoms with Crippen LogP contribution in [0.2, 0.25) is 5.02 Å². The highest BCUT2D eigenvalue weighted by molar-refractivity contribution is 6.35. The van der Waals surface area contributed by atoms with Crippen LogP contribution >= 0.6 is 11.6 Å². The van der Waals surface area contributed by atoms with Crippen LogP contribution in [0.1, 0.15) is 19.3 Å². The zero-order valence-corrected chi connectivity index (χ0v) is 12.0. The molecule has 1 aromatic heterocycles. The first-order valence-corrected chi connectivity index (χ1v) is 7.34. The predicted octanol–water partition coefficient (Wildman–Crippen LogP) is 1.08. The highest BCUT2D eigenvalue weighted by Gasteiger charge is 2.38. The summed E-state index contributed by atoms with van der Waals surface area (Å²) in [7, 11) is 0. The Morgan fingerprint density at radius 2 is 2.25 bits per heavy atom. The van der Waals surface area contributed by atoms with E-state index in [4.69, 9.17) is 22.1 Å². The number of rotatable bonds is 2. The highest BCUT2D eigenvalue weighted by Crippen LogP contribution is 2.36. The second kappa shape index (κ2) is 5.71. The number of hydrogen-bond donors (Lipinski definition) is 2. The van der Waals surface area contributed by atoms with Crippen LogP contribution in [-0.4, -0.2) is 47.0 Å². The normalized spacial score (nSPS) is 30.7. The molecule has 3 N–H and O–H groups in total. The molecule has 1 aromatic rings. The lowest BCUT2D eigenvalue weighted by Crippen LogP contribution is -2.46. The van der Waals surface area contributed by atoms with Crippen molar-refractivity contribution in [2.75, 3.05) is 30.4 Å². The van der Waals surface area contributed by atoms with Gasteiger partial charge in [0.15, 0.2) is 5.82 Å². The number of hydrogen-bond acceptors (Lipinski definition) is 6. The minimum absolute atomic E-state index is 0.0958. The Hall–Kier alpha value is -1.11. The lowest BCUT2D eigenvalue weighted by Gasteiger charge is -2.37. The van der Waals surface area contributed by atoms with Gasteiger partial charge in [0.1, 0.15) is 17.2 Å². The molecular formula is C13H19ClN4O2. The van der Waals surface area contributed by atoms with Crippen molar-refractivity contribution in [2.45, 2.75) is 31.4 Å². The minimum atomic E-state index is -0.327. The zero-order chi connectivity index (χ0) is 14.1. The van der Waals surface area contributed by atoms with E-state index in [0.717, 1.165) is 19.4 Å². The monoisotopic (exact) mass is 298 g/mol. The Balaban J connectivity index is 1.86. The lowest BCUT2D eigenvalue weighted by atomic mass is 9.89. The smallest absolute Gasteiger partial charge is 0.153 e. The van der Waals surface area contributed by atoms with Crippen molar-refractivity contribution in [3.8, 4) is 0 Å². The molecule has 0 saturated carbocycles. The van der Waals surface area contributed by atoms with Gasteiger partial charge in [0.2, 0.25) is 0 Å². The second-order valence-electron chi connectivity index (χ2n) is 5.39. The second-order valence-corrected chi connectivity index (χ2v) is 5.77. The van der Waals surface area contributed by atoms with Gasteiger partial charge in [-0.05, 0) is 19.3 Å². The Morgan fingerprint density at radius 3 is 3.05 bits per heavy atom. The van der Waals surface area contributed by atoms with Crippen LogP contribution in [0.5, 0.6) is 0 Å². The standard InChI is InChI=1S/C13H19ClN4O2/c14-11-12(15)16-7-17-13(11)18-4-1-2-9(18)8-6-20-5-3-10(8)19/h7-10,19H,1-6H2,(H2,15,16,17)/t8-,9-,10-/m1/s1. The third kappa shape index (κ3) is 2.43. The maximum atomic E-state index is 10.2. The van der Waals surface area contributed by atoms with E-state index in [-0.39, 0.29) is 18.1 Å². The summed E-state index contributed by atoms with van der Waals surface area (Å²) in [5.74, 6) is 1.06. The van der Waals surface area contributed by atoms with Crippen molar-refractivity contribution in [1.29, 1.82) is 0 Å². The average Bonchev–Trinajstić information content (AvgIpc) is 2.91. The van der Waals surface area contributed by atoms with Crippen molar-refractivity contribution < 1.29 is 9.84 Å². The Kier molecular flexibility index (Phi) is 3.96. The van der Waals surface area contributed by atoms with E-state index in [1.165, 1.54) is 6.33 Å². The van der Waals surface area contributed by atoms with E-state index in [2.05, 4.69) is 14.9 Å². The Morgan fingerprint density at radius 1 is 1.40 bits per heavy atom. The highest BCUT2D eigenvalue weighted by atomic mass is 35.5. The molecule has 110 valence electrons. The molecule has 2 fully saturated rings. The number of aliphatic hydroxyl groups excluding tert-OH is 1. The summed E-state index contributed by atoms with van der Waals surface area (Å²) >= 11 is 6.23. The van der Waals surface area contributed by atoms with Gasteiger partial charge in [0, 0.05) is 25.1 Å². The summed E-state index contributed by atoms with van der Waals surface area (Å²) in [5, 5.41) is 10.6. The number of ether oxygens (including phenoxy) is 1. The van der Waals surface area contributed by atoms with Gasteiger partial charge in [0.05, 0.1) is 12.7 Å². The summed E-state index contributed by atoms with van der Waals surface area (Å²) < 4.78 is 5.53. The molecule has 0 unspecified atom stereocenters. The lowest BCUT2D eigenvalue weighted by molar-refractivity contribution is -0.0438. The number of aromatic nitrogens is 2. The molecule has 0 spiro atoms. The number of nitrogen functional groups attached to an aromatic ring is 1. The largest absolute Gasteiger partial charge is 0.393 e. The van der Waals surface area contributed by atoms with Crippen molar-refractivity contribution in [3.05, 3.63) is 11.3 Å². The van der Waals surface area contributed by atoms with Crippen LogP contribution in [0.25, 0.3) is 0 Å². The first kappa shape index (κ1) is 13.9. The average molecular weight is 299 g/mol. The van der Waals surface area contributed by atoms with Crippen molar-refractivity contribution in [3.63, 3.8) is 0 Å². The van der Waals surface area contributed by atoms with Crippen LogP contribution in [0, 0.1) is 5.92 Å². The van der Waals surface area contributed by atoms with Gasteiger partial charge in [-0.25, -0.2) is 9.97 Å². The van der Waals surface area contributed by atoms with Gasteiger partial charge in [-0.1, -0.05) is 11.6 Å². The van der Waals surface area contributed by atoms with Crippen LogP contribution in [0.3, 0.4) is 0 Å². The van der Waals surface area contributed by atoms with E-state index in [1.54, 1.807) is 0 Å². The molecule has 0 amide bonds. The summed E-state index contributed by atoms with van der Waals surface area (Å²) in [6.45, 7) is 2.08. The van der Waals surface area contributed by atoms with Crippen molar-refractivity contribution >= 4 is 23.2 Å². The first-order valence-electron chi connectivity index (χ1n) is 6.97. The molecule has 6 nitrogen and oxygen atoms in total. The van der Waals surface area contributed by atoms with Gasteiger partial charge in [-0.3, -0.25) is 0 Å². The molecule has 20 heavy (non-hydrogen) atoms. The fraction of sp³-hybridized carbons (Fsp3) is 0.692. The van der Waals surface area contributed by atoms with E-state index in [9.17, 15) is 5.11 Å². The third-order valence-electron chi connectivity index (χ3n) is 4.23. The Bertz CT molecular complexity index is 487. The fourth-order valence-corrected chi connectivity index (χ4v) is 3.40.